The number of anilines is 1. The first-order valence-corrected chi connectivity index (χ1v) is 9.50. The lowest BCUT2D eigenvalue weighted by Gasteiger charge is -2.12. The van der Waals surface area contributed by atoms with Crippen molar-refractivity contribution in [2.45, 2.75) is 20.4 Å². The van der Waals surface area contributed by atoms with Gasteiger partial charge in [0.2, 0.25) is 0 Å². The highest BCUT2D eigenvalue weighted by Gasteiger charge is 2.13. The number of benzene rings is 2. The standard InChI is InChI=1S/C22H25N3O4/c1-4-28-20-11-10-16(12-21(20)29-5-2)14-25-15-17(13-23-25)24-22(26)18-8-6-7-9-19(18)27-3/h6-13,15H,4-5,14H2,1-3H3,(H,24,26). The molecule has 0 bridgehead atoms. The molecule has 1 N–H and O–H groups in total. The summed E-state index contributed by atoms with van der Waals surface area (Å²) in [5, 5.41) is 7.18. The molecule has 3 aromatic rings. The first kappa shape index (κ1) is 20.3. The van der Waals surface area contributed by atoms with Gasteiger partial charge in [0.15, 0.2) is 11.5 Å². The molecule has 7 nitrogen and oxygen atoms in total. The summed E-state index contributed by atoms with van der Waals surface area (Å²) < 4.78 is 18.3. The van der Waals surface area contributed by atoms with Crippen LogP contribution in [0.3, 0.4) is 0 Å². The SMILES string of the molecule is CCOc1ccc(Cn2cc(NC(=O)c3ccccc3OC)cn2)cc1OCC. The van der Waals surface area contributed by atoms with E-state index in [0.717, 1.165) is 11.3 Å². The van der Waals surface area contributed by atoms with Crippen molar-refractivity contribution in [3.05, 3.63) is 66.0 Å². The van der Waals surface area contributed by atoms with E-state index in [2.05, 4.69) is 10.4 Å². The monoisotopic (exact) mass is 395 g/mol. The fourth-order valence-corrected chi connectivity index (χ4v) is 2.93. The average molecular weight is 395 g/mol. The Morgan fingerprint density at radius 1 is 1.03 bits per heavy atom. The quantitative estimate of drug-likeness (QED) is 0.593. The molecule has 0 aliphatic heterocycles. The molecule has 0 radical (unpaired) electrons. The number of hydrogen-bond donors (Lipinski definition) is 1. The third kappa shape index (κ3) is 5.07. The van der Waals surface area contributed by atoms with E-state index in [-0.39, 0.29) is 5.91 Å². The molecule has 0 atom stereocenters. The molecule has 1 heterocycles. The molecule has 152 valence electrons. The Labute approximate surface area is 170 Å². The molecule has 0 aliphatic rings. The lowest BCUT2D eigenvalue weighted by molar-refractivity contribution is 0.102. The van der Waals surface area contributed by atoms with Gasteiger partial charge in [0.05, 0.1) is 44.3 Å². The van der Waals surface area contributed by atoms with E-state index in [0.29, 0.717) is 42.5 Å². The number of hydrogen-bond acceptors (Lipinski definition) is 5. The Balaban J connectivity index is 1.70. The smallest absolute Gasteiger partial charge is 0.259 e. The van der Waals surface area contributed by atoms with Gasteiger partial charge in [-0.3, -0.25) is 9.48 Å². The van der Waals surface area contributed by atoms with Gasteiger partial charge in [-0.05, 0) is 43.7 Å². The number of carbonyl (C=O) groups excluding carboxylic acids is 1. The topological polar surface area (TPSA) is 74.6 Å². The first-order valence-electron chi connectivity index (χ1n) is 9.50. The number of nitrogens with zero attached hydrogens (tertiary/aromatic N) is 2. The number of methoxy groups -OCH3 is 1. The number of aromatic nitrogens is 2. The van der Waals surface area contributed by atoms with E-state index in [1.807, 2.05) is 38.1 Å². The predicted molar refractivity (Wildman–Crippen MR) is 111 cm³/mol. The van der Waals surface area contributed by atoms with Gasteiger partial charge in [-0.15, -0.1) is 0 Å². The second kappa shape index (κ2) is 9.64. The number of carbonyl (C=O) groups is 1. The fourth-order valence-electron chi connectivity index (χ4n) is 2.93. The maximum atomic E-state index is 12.5. The van der Waals surface area contributed by atoms with Gasteiger partial charge in [0.1, 0.15) is 5.75 Å². The maximum Gasteiger partial charge on any atom is 0.259 e. The lowest BCUT2D eigenvalue weighted by atomic mass is 10.2. The number of ether oxygens (including phenoxy) is 3. The Kier molecular flexibility index (Phi) is 6.73. The van der Waals surface area contributed by atoms with E-state index in [1.54, 1.807) is 35.3 Å². The molecule has 0 spiro atoms. The minimum Gasteiger partial charge on any atom is -0.496 e. The number of amides is 1. The van der Waals surface area contributed by atoms with E-state index in [9.17, 15) is 4.79 Å². The van der Waals surface area contributed by atoms with Gasteiger partial charge >= 0.3 is 0 Å². The summed E-state index contributed by atoms with van der Waals surface area (Å²) >= 11 is 0. The van der Waals surface area contributed by atoms with Crippen LogP contribution in [0, 0.1) is 0 Å². The highest BCUT2D eigenvalue weighted by Crippen LogP contribution is 2.29. The summed E-state index contributed by atoms with van der Waals surface area (Å²) in [4.78, 5) is 12.5. The van der Waals surface area contributed by atoms with E-state index in [4.69, 9.17) is 14.2 Å². The molecule has 1 amide bonds. The van der Waals surface area contributed by atoms with Crippen molar-refractivity contribution in [2.75, 3.05) is 25.6 Å². The summed E-state index contributed by atoms with van der Waals surface area (Å²) in [5.74, 6) is 1.71. The fraction of sp³-hybridized carbons (Fsp3) is 0.273. The van der Waals surface area contributed by atoms with E-state index >= 15 is 0 Å². The Hall–Kier alpha value is -3.48. The molecule has 3 rings (SSSR count). The highest BCUT2D eigenvalue weighted by molar-refractivity contribution is 6.06. The predicted octanol–water partition coefficient (Wildman–Crippen LogP) is 3.99. The molecular weight excluding hydrogens is 370 g/mol. The van der Waals surface area contributed by atoms with Crippen LogP contribution in [0.4, 0.5) is 5.69 Å². The van der Waals surface area contributed by atoms with Crippen molar-refractivity contribution >= 4 is 11.6 Å². The Morgan fingerprint density at radius 3 is 2.55 bits per heavy atom. The van der Waals surface area contributed by atoms with Gasteiger partial charge in [-0.25, -0.2) is 0 Å². The second-order valence-electron chi connectivity index (χ2n) is 6.23. The van der Waals surface area contributed by atoms with Gasteiger partial charge in [0, 0.05) is 6.20 Å². The summed E-state index contributed by atoms with van der Waals surface area (Å²) in [6.07, 6.45) is 3.40. The third-order valence-corrected chi connectivity index (χ3v) is 4.20. The Bertz CT molecular complexity index is 968. The summed E-state index contributed by atoms with van der Waals surface area (Å²) in [7, 11) is 1.54. The molecule has 2 aromatic carbocycles. The van der Waals surface area contributed by atoms with Crippen LogP contribution < -0.4 is 19.5 Å². The van der Waals surface area contributed by atoms with Gasteiger partial charge in [-0.1, -0.05) is 18.2 Å². The molecule has 29 heavy (non-hydrogen) atoms. The average Bonchev–Trinajstić information content (AvgIpc) is 3.16. The van der Waals surface area contributed by atoms with E-state index < -0.39 is 0 Å². The third-order valence-electron chi connectivity index (χ3n) is 4.20. The molecular formula is C22H25N3O4. The highest BCUT2D eigenvalue weighted by atomic mass is 16.5. The molecule has 0 fully saturated rings. The molecule has 7 heteroatoms. The second-order valence-corrected chi connectivity index (χ2v) is 6.23. The van der Waals surface area contributed by atoms with Gasteiger partial charge in [0.25, 0.3) is 5.91 Å². The van der Waals surface area contributed by atoms with Crippen molar-refractivity contribution in [2.24, 2.45) is 0 Å². The molecule has 0 unspecified atom stereocenters. The van der Waals surface area contributed by atoms with Crippen LogP contribution in [-0.4, -0.2) is 36.0 Å². The normalized spacial score (nSPS) is 10.4. The molecule has 0 saturated carbocycles. The Morgan fingerprint density at radius 2 is 1.79 bits per heavy atom. The minimum absolute atomic E-state index is 0.248. The molecule has 0 saturated heterocycles. The zero-order valence-electron chi connectivity index (χ0n) is 16.8. The van der Waals surface area contributed by atoms with Crippen molar-refractivity contribution in [3.63, 3.8) is 0 Å². The van der Waals surface area contributed by atoms with Crippen LogP contribution in [-0.2, 0) is 6.54 Å². The van der Waals surface area contributed by atoms with Crippen molar-refractivity contribution in [1.29, 1.82) is 0 Å². The van der Waals surface area contributed by atoms with Crippen LogP contribution in [0.15, 0.2) is 54.9 Å². The summed E-state index contributed by atoms with van der Waals surface area (Å²) in [6.45, 7) is 5.55. The van der Waals surface area contributed by atoms with Crippen LogP contribution in [0.1, 0.15) is 29.8 Å². The van der Waals surface area contributed by atoms with Gasteiger partial charge in [-0.2, -0.15) is 5.10 Å². The van der Waals surface area contributed by atoms with Gasteiger partial charge < -0.3 is 19.5 Å². The van der Waals surface area contributed by atoms with Crippen LogP contribution >= 0.6 is 0 Å². The number of nitrogens with one attached hydrogen (secondary N) is 1. The largest absolute Gasteiger partial charge is 0.496 e. The molecule has 1 aromatic heterocycles. The summed E-state index contributed by atoms with van der Waals surface area (Å²) in [6, 6.07) is 12.9. The number of para-hydroxylation sites is 1. The van der Waals surface area contributed by atoms with Crippen LogP contribution in [0.25, 0.3) is 0 Å². The van der Waals surface area contributed by atoms with Crippen LogP contribution in [0.2, 0.25) is 0 Å². The van der Waals surface area contributed by atoms with Crippen molar-refractivity contribution in [3.8, 4) is 17.2 Å². The minimum atomic E-state index is -0.248. The molecule has 0 aliphatic carbocycles. The number of rotatable bonds is 9. The van der Waals surface area contributed by atoms with Crippen molar-refractivity contribution in [1.82, 2.24) is 9.78 Å². The van der Waals surface area contributed by atoms with Crippen molar-refractivity contribution < 1.29 is 19.0 Å². The first-order chi connectivity index (χ1) is 14.1. The lowest BCUT2D eigenvalue weighted by Crippen LogP contribution is -2.12. The maximum absolute atomic E-state index is 12.5. The van der Waals surface area contributed by atoms with Crippen LogP contribution in [0.5, 0.6) is 17.2 Å². The van der Waals surface area contributed by atoms with E-state index in [1.165, 1.54) is 7.11 Å². The zero-order valence-corrected chi connectivity index (χ0v) is 16.8. The summed E-state index contributed by atoms with van der Waals surface area (Å²) in [5.41, 5.74) is 2.09. The zero-order chi connectivity index (χ0) is 20.6.